The lowest BCUT2D eigenvalue weighted by atomic mass is 10.1. The Morgan fingerprint density at radius 2 is 2.15 bits per heavy atom. The summed E-state index contributed by atoms with van der Waals surface area (Å²) in [6.07, 6.45) is -2.25. The zero-order chi connectivity index (χ0) is 10.0. The van der Waals surface area contributed by atoms with Crippen LogP contribution in [-0.4, -0.2) is 4.98 Å². The molecule has 0 bridgehead atoms. The molecule has 0 aromatic carbocycles. The van der Waals surface area contributed by atoms with Gasteiger partial charge in [0.05, 0.1) is 5.56 Å². The minimum atomic E-state index is -2.94. The van der Waals surface area contributed by atoms with Crippen LogP contribution < -0.4 is 0 Å². The van der Waals surface area contributed by atoms with Crippen molar-refractivity contribution < 1.29 is 13.2 Å². The zero-order valence-corrected chi connectivity index (χ0v) is 6.82. The quantitative estimate of drug-likeness (QED) is 0.663. The molecule has 0 aliphatic carbocycles. The topological polar surface area (TPSA) is 36.7 Å². The van der Waals surface area contributed by atoms with E-state index in [0.717, 1.165) is 0 Å². The van der Waals surface area contributed by atoms with E-state index in [9.17, 15) is 13.2 Å². The maximum absolute atomic E-state index is 12.9. The molecule has 68 valence electrons. The van der Waals surface area contributed by atoms with Crippen LogP contribution in [0.1, 0.15) is 17.6 Å². The summed E-state index contributed by atoms with van der Waals surface area (Å²) >= 11 is 5.19. The maximum atomic E-state index is 12.9. The van der Waals surface area contributed by atoms with Crippen molar-refractivity contribution in [3.63, 3.8) is 0 Å². The van der Waals surface area contributed by atoms with Crippen LogP contribution >= 0.6 is 11.6 Å². The van der Waals surface area contributed by atoms with E-state index in [0.29, 0.717) is 6.20 Å². The molecule has 0 aliphatic heterocycles. The van der Waals surface area contributed by atoms with E-state index in [1.54, 1.807) is 0 Å². The van der Waals surface area contributed by atoms with Crippen molar-refractivity contribution >= 4 is 11.6 Å². The smallest absolute Gasteiger partial charge is 0.241 e. The highest BCUT2D eigenvalue weighted by Gasteiger charge is 2.19. The summed E-state index contributed by atoms with van der Waals surface area (Å²) in [7, 11) is 0. The largest absolute Gasteiger partial charge is 0.266 e. The molecule has 2 nitrogen and oxygen atoms in total. The average Bonchev–Trinajstić information content (AvgIpc) is 2.09. The molecule has 13 heavy (non-hydrogen) atoms. The van der Waals surface area contributed by atoms with E-state index in [4.69, 9.17) is 16.9 Å². The van der Waals surface area contributed by atoms with Gasteiger partial charge in [0, 0.05) is 6.20 Å². The molecule has 0 N–H and O–H groups in total. The molecular weight excluding hydrogens is 205 g/mol. The molecule has 6 heteroatoms. The van der Waals surface area contributed by atoms with Crippen molar-refractivity contribution in [3.8, 4) is 6.07 Å². The lowest BCUT2D eigenvalue weighted by Crippen LogP contribution is -1.97. The van der Waals surface area contributed by atoms with Crippen LogP contribution in [0.3, 0.4) is 0 Å². The Bertz CT molecular complexity index is 373. The van der Waals surface area contributed by atoms with E-state index >= 15 is 0 Å². The normalized spacial score (nSPS) is 10.2. The van der Waals surface area contributed by atoms with Crippen molar-refractivity contribution in [2.24, 2.45) is 0 Å². The minimum Gasteiger partial charge on any atom is -0.241 e. The monoisotopic (exact) mass is 206 g/mol. The fourth-order valence-electron chi connectivity index (χ4n) is 0.756. The van der Waals surface area contributed by atoms with E-state index in [1.807, 2.05) is 0 Å². The number of alkyl halides is 2. The molecular formula is C7H2ClF3N2. The highest BCUT2D eigenvalue weighted by atomic mass is 35.5. The van der Waals surface area contributed by atoms with Crippen molar-refractivity contribution in [2.45, 2.75) is 6.43 Å². The van der Waals surface area contributed by atoms with Gasteiger partial charge in [-0.2, -0.15) is 5.26 Å². The van der Waals surface area contributed by atoms with Crippen molar-refractivity contribution in [3.05, 3.63) is 28.3 Å². The molecule has 1 aromatic heterocycles. The van der Waals surface area contributed by atoms with Crippen molar-refractivity contribution in [1.82, 2.24) is 4.98 Å². The number of halogens is 4. The summed E-state index contributed by atoms with van der Waals surface area (Å²) in [6.45, 7) is 0. The van der Waals surface area contributed by atoms with E-state index in [2.05, 4.69) is 4.98 Å². The number of aromatic nitrogens is 1. The first-order valence-corrected chi connectivity index (χ1v) is 3.48. The molecule has 0 atom stereocenters. The van der Waals surface area contributed by atoms with E-state index in [1.165, 1.54) is 6.07 Å². The van der Waals surface area contributed by atoms with Gasteiger partial charge in [-0.1, -0.05) is 11.6 Å². The Labute approximate surface area is 76.6 Å². The van der Waals surface area contributed by atoms with Gasteiger partial charge >= 0.3 is 0 Å². The molecule has 0 saturated heterocycles. The summed E-state index contributed by atoms with van der Waals surface area (Å²) in [5.74, 6) is -1.21. The van der Waals surface area contributed by atoms with Gasteiger partial charge in [0.15, 0.2) is 11.0 Å². The SMILES string of the molecule is N#Cc1c(C(F)F)cnc(Cl)c1F. The van der Waals surface area contributed by atoms with Gasteiger partial charge in [0.25, 0.3) is 6.43 Å². The molecule has 0 saturated carbocycles. The zero-order valence-electron chi connectivity index (χ0n) is 6.06. The number of nitriles is 1. The first-order valence-electron chi connectivity index (χ1n) is 3.10. The lowest BCUT2D eigenvalue weighted by Gasteiger charge is -2.02. The first-order chi connectivity index (χ1) is 6.07. The van der Waals surface area contributed by atoms with Crippen LogP contribution in [0.2, 0.25) is 5.15 Å². The Hall–Kier alpha value is -1.28. The summed E-state index contributed by atoms with van der Waals surface area (Å²) in [4.78, 5) is 3.17. The van der Waals surface area contributed by atoms with Crippen LogP contribution in [0, 0.1) is 17.1 Å². The Kier molecular flexibility index (Phi) is 2.73. The summed E-state index contributed by atoms with van der Waals surface area (Å²) < 4.78 is 37.1. The lowest BCUT2D eigenvalue weighted by molar-refractivity contribution is 0.150. The van der Waals surface area contributed by atoms with Gasteiger partial charge < -0.3 is 0 Å². The van der Waals surface area contributed by atoms with Gasteiger partial charge in [-0.15, -0.1) is 0 Å². The molecule has 0 amide bonds. The summed E-state index contributed by atoms with van der Waals surface area (Å²) in [5.41, 5.74) is -1.50. The van der Waals surface area contributed by atoms with Crippen LogP contribution in [0.5, 0.6) is 0 Å². The third kappa shape index (κ3) is 1.73. The molecule has 1 rings (SSSR count). The number of hydrogen-bond acceptors (Lipinski definition) is 2. The molecule has 1 heterocycles. The van der Waals surface area contributed by atoms with Gasteiger partial charge in [-0.3, -0.25) is 0 Å². The third-order valence-corrected chi connectivity index (χ3v) is 1.62. The predicted octanol–water partition coefficient (Wildman–Crippen LogP) is 2.68. The predicted molar refractivity (Wildman–Crippen MR) is 38.9 cm³/mol. The number of nitrogens with zero attached hydrogens (tertiary/aromatic N) is 2. The van der Waals surface area contributed by atoms with Gasteiger partial charge in [-0.05, 0) is 0 Å². The van der Waals surface area contributed by atoms with Crippen LogP contribution in [0.25, 0.3) is 0 Å². The number of pyridine rings is 1. The average molecular weight is 207 g/mol. The van der Waals surface area contributed by atoms with Gasteiger partial charge in [0.2, 0.25) is 0 Å². The number of rotatable bonds is 1. The summed E-state index contributed by atoms with van der Waals surface area (Å²) in [6, 6.07) is 1.31. The highest BCUT2D eigenvalue weighted by molar-refractivity contribution is 6.29. The van der Waals surface area contributed by atoms with E-state index in [-0.39, 0.29) is 0 Å². The van der Waals surface area contributed by atoms with E-state index < -0.39 is 28.5 Å². The molecule has 0 aliphatic rings. The minimum absolute atomic E-state index is 0.582. The Morgan fingerprint density at radius 1 is 1.54 bits per heavy atom. The molecule has 0 unspecified atom stereocenters. The first kappa shape index (κ1) is 9.81. The molecule has 0 fully saturated rings. The fourth-order valence-corrected chi connectivity index (χ4v) is 0.900. The molecule has 0 spiro atoms. The Balaban J connectivity index is 3.41. The molecule has 0 radical (unpaired) electrons. The van der Waals surface area contributed by atoms with Crippen LogP contribution in [0.15, 0.2) is 6.20 Å². The van der Waals surface area contributed by atoms with Crippen LogP contribution in [-0.2, 0) is 0 Å². The van der Waals surface area contributed by atoms with Gasteiger partial charge in [0.1, 0.15) is 11.6 Å². The van der Waals surface area contributed by atoms with Crippen LogP contribution in [0.4, 0.5) is 13.2 Å². The van der Waals surface area contributed by atoms with Crippen molar-refractivity contribution in [1.29, 1.82) is 5.26 Å². The fraction of sp³-hybridized carbons (Fsp3) is 0.143. The standard InChI is InChI=1S/C7H2ClF3N2/c8-6-5(9)3(1-12)4(2-13-6)7(10)11/h2,7H. The van der Waals surface area contributed by atoms with Gasteiger partial charge in [-0.25, -0.2) is 18.2 Å². The second-order valence-electron chi connectivity index (χ2n) is 2.11. The number of hydrogen-bond donors (Lipinski definition) is 0. The Morgan fingerprint density at radius 3 is 2.62 bits per heavy atom. The summed E-state index contributed by atoms with van der Waals surface area (Å²) in [5, 5.41) is 7.78. The second-order valence-corrected chi connectivity index (χ2v) is 2.46. The highest BCUT2D eigenvalue weighted by Crippen LogP contribution is 2.26. The van der Waals surface area contributed by atoms with Crippen molar-refractivity contribution in [2.75, 3.05) is 0 Å². The third-order valence-electron chi connectivity index (χ3n) is 1.35. The molecule has 1 aromatic rings. The second kappa shape index (κ2) is 3.62. The maximum Gasteiger partial charge on any atom is 0.266 e.